The van der Waals surface area contributed by atoms with E-state index in [1.807, 2.05) is 48.5 Å². The molecule has 3 aromatic carbocycles. The number of nitrogens with zero attached hydrogens (tertiary/aromatic N) is 3. The monoisotopic (exact) mass is 383 g/mol. The lowest BCUT2D eigenvalue weighted by Gasteiger charge is -2.12. The summed E-state index contributed by atoms with van der Waals surface area (Å²) in [4.78, 5) is 14.8. The predicted octanol–water partition coefficient (Wildman–Crippen LogP) is 4.25. The van der Waals surface area contributed by atoms with Crippen LogP contribution in [0.3, 0.4) is 0 Å². The minimum absolute atomic E-state index is 0.628. The topological polar surface area (TPSA) is 86.0 Å². The highest BCUT2D eigenvalue weighted by Gasteiger charge is 2.14. The fraction of sp³-hybridized carbons (Fsp3) is 0.174. The number of anilines is 1. The molecule has 0 radical (unpaired) electrons. The van der Waals surface area contributed by atoms with Gasteiger partial charge in [0.15, 0.2) is 5.82 Å². The number of nitrogens with one attached hydrogen (secondary N) is 1. The Bertz CT molecular complexity index is 1370. The number of rotatable bonds is 5. The highest BCUT2D eigenvalue weighted by atomic mass is 16.5. The zero-order chi connectivity index (χ0) is 19.8. The summed E-state index contributed by atoms with van der Waals surface area (Å²) < 4.78 is 5.36. The Morgan fingerprint density at radius 1 is 0.862 bits per heavy atom. The third kappa shape index (κ3) is 2.98. The van der Waals surface area contributed by atoms with Crippen LogP contribution in [-0.4, -0.2) is 35.2 Å². The Kier molecular flexibility index (Phi) is 4.33. The highest BCUT2D eigenvalue weighted by Crippen LogP contribution is 2.32. The van der Waals surface area contributed by atoms with Crippen LogP contribution in [0.1, 0.15) is 6.42 Å². The minimum Gasteiger partial charge on any atom is -0.497 e. The van der Waals surface area contributed by atoms with Gasteiger partial charge in [-0.05, 0) is 48.7 Å². The fourth-order valence-electron chi connectivity index (χ4n) is 3.68. The van der Waals surface area contributed by atoms with Crippen molar-refractivity contribution < 1.29 is 4.74 Å². The van der Waals surface area contributed by atoms with Crippen LogP contribution in [0.2, 0.25) is 0 Å². The molecule has 5 aromatic rings. The average molecular weight is 383 g/mol. The summed E-state index contributed by atoms with van der Waals surface area (Å²) in [6.07, 6.45) is 0.865. The largest absolute Gasteiger partial charge is 0.497 e. The lowest BCUT2D eigenvalue weighted by Crippen LogP contribution is -2.10. The zero-order valence-electron chi connectivity index (χ0n) is 16.1. The number of aromatic nitrogens is 3. The molecular weight excluding hydrogens is 362 g/mol. The van der Waals surface area contributed by atoms with Gasteiger partial charge in [-0.25, -0.2) is 15.0 Å². The van der Waals surface area contributed by atoms with Crippen LogP contribution in [0.15, 0.2) is 54.6 Å². The van der Waals surface area contributed by atoms with Crippen molar-refractivity contribution in [3.8, 4) is 5.75 Å². The summed E-state index contributed by atoms with van der Waals surface area (Å²) in [6.45, 7) is 1.37. The number of methoxy groups -OCH3 is 1. The summed E-state index contributed by atoms with van der Waals surface area (Å²) in [6, 6.07) is 18.1. The van der Waals surface area contributed by atoms with Gasteiger partial charge in [-0.2, -0.15) is 0 Å². The molecule has 2 aromatic heterocycles. The molecule has 0 aliphatic rings. The van der Waals surface area contributed by atoms with Gasteiger partial charge in [-0.1, -0.05) is 24.3 Å². The highest BCUT2D eigenvalue weighted by molar-refractivity contribution is 6.12. The van der Waals surface area contributed by atoms with Gasteiger partial charge in [0.2, 0.25) is 0 Å². The molecule has 0 bridgehead atoms. The number of hydrogen-bond acceptors (Lipinski definition) is 6. The Hall–Kier alpha value is -3.51. The van der Waals surface area contributed by atoms with Crippen molar-refractivity contribution in [2.24, 2.45) is 5.73 Å². The lowest BCUT2D eigenvalue weighted by molar-refractivity contribution is 0.415. The molecule has 0 atom stereocenters. The first kappa shape index (κ1) is 17.6. The third-order valence-corrected chi connectivity index (χ3v) is 5.15. The van der Waals surface area contributed by atoms with Crippen LogP contribution in [-0.2, 0) is 0 Å². The van der Waals surface area contributed by atoms with E-state index in [1.54, 1.807) is 7.11 Å². The van der Waals surface area contributed by atoms with Gasteiger partial charge in [0.25, 0.3) is 0 Å². The van der Waals surface area contributed by atoms with E-state index >= 15 is 0 Å². The molecule has 0 aliphatic carbocycles. The first-order chi connectivity index (χ1) is 14.3. The maximum Gasteiger partial charge on any atom is 0.154 e. The number of hydrogen-bond donors (Lipinski definition) is 2. The van der Waals surface area contributed by atoms with Crippen LogP contribution in [0.25, 0.3) is 43.7 Å². The second kappa shape index (κ2) is 7.14. The number of para-hydroxylation sites is 1. The molecule has 0 spiro atoms. The Morgan fingerprint density at radius 3 is 2.62 bits per heavy atom. The van der Waals surface area contributed by atoms with Crippen LogP contribution in [0.5, 0.6) is 5.75 Å². The van der Waals surface area contributed by atoms with Crippen molar-refractivity contribution >= 4 is 49.6 Å². The summed E-state index contributed by atoms with van der Waals surface area (Å²) >= 11 is 0. The van der Waals surface area contributed by atoms with Gasteiger partial charge in [-0.3, -0.25) is 0 Å². The van der Waals surface area contributed by atoms with E-state index in [0.29, 0.717) is 6.54 Å². The van der Waals surface area contributed by atoms with E-state index in [0.717, 1.165) is 68.3 Å². The average Bonchev–Trinajstić information content (AvgIpc) is 2.77. The van der Waals surface area contributed by atoms with Crippen LogP contribution in [0.4, 0.5) is 5.82 Å². The SMILES string of the molecule is COc1ccc2c(ccc3nc4c(NCCCN)nc5ccccc5c4nc32)c1. The molecule has 0 aliphatic heterocycles. The van der Waals surface area contributed by atoms with Crippen molar-refractivity contribution in [1.29, 1.82) is 0 Å². The normalized spacial score (nSPS) is 11.5. The Morgan fingerprint density at radius 2 is 1.76 bits per heavy atom. The molecular formula is C23H21N5O. The van der Waals surface area contributed by atoms with Crippen molar-refractivity contribution in [2.45, 2.75) is 6.42 Å². The fourth-order valence-corrected chi connectivity index (χ4v) is 3.68. The van der Waals surface area contributed by atoms with Crippen LogP contribution in [0, 0.1) is 0 Å². The maximum absolute atomic E-state index is 5.65. The summed E-state index contributed by atoms with van der Waals surface area (Å²) in [5, 5.41) is 6.51. The molecule has 0 saturated heterocycles. The first-order valence-electron chi connectivity index (χ1n) is 9.69. The number of ether oxygens (including phenoxy) is 1. The molecule has 29 heavy (non-hydrogen) atoms. The van der Waals surface area contributed by atoms with Crippen LogP contribution < -0.4 is 15.8 Å². The van der Waals surface area contributed by atoms with Crippen molar-refractivity contribution in [3.63, 3.8) is 0 Å². The van der Waals surface area contributed by atoms with Gasteiger partial charge < -0.3 is 15.8 Å². The summed E-state index contributed by atoms with van der Waals surface area (Å²) in [5.74, 6) is 1.57. The van der Waals surface area contributed by atoms with E-state index in [4.69, 9.17) is 25.4 Å². The number of nitrogens with two attached hydrogens (primary N) is 1. The van der Waals surface area contributed by atoms with Crippen LogP contribution >= 0.6 is 0 Å². The van der Waals surface area contributed by atoms with Gasteiger partial charge in [0.1, 0.15) is 16.8 Å². The lowest BCUT2D eigenvalue weighted by atomic mass is 10.1. The van der Waals surface area contributed by atoms with Gasteiger partial charge >= 0.3 is 0 Å². The van der Waals surface area contributed by atoms with Crippen molar-refractivity contribution in [3.05, 3.63) is 54.6 Å². The first-order valence-corrected chi connectivity index (χ1v) is 9.69. The Labute approximate surface area is 167 Å². The smallest absolute Gasteiger partial charge is 0.154 e. The molecule has 5 rings (SSSR count). The number of pyridine rings is 1. The van der Waals surface area contributed by atoms with Gasteiger partial charge in [-0.15, -0.1) is 0 Å². The predicted molar refractivity (Wildman–Crippen MR) is 119 cm³/mol. The maximum atomic E-state index is 5.65. The van der Waals surface area contributed by atoms with E-state index < -0.39 is 0 Å². The van der Waals surface area contributed by atoms with Gasteiger partial charge in [0, 0.05) is 17.3 Å². The number of benzene rings is 3. The van der Waals surface area contributed by atoms with Crippen molar-refractivity contribution in [1.82, 2.24) is 15.0 Å². The van der Waals surface area contributed by atoms with E-state index in [-0.39, 0.29) is 0 Å². The molecule has 6 heteroatoms. The summed E-state index contributed by atoms with van der Waals surface area (Å²) in [7, 11) is 1.67. The molecule has 6 nitrogen and oxygen atoms in total. The molecule has 0 fully saturated rings. The molecule has 0 saturated carbocycles. The molecule has 2 heterocycles. The van der Waals surface area contributed by atoms with E-state index in [1.165, 1.54) is 0 Å². The summed E-state index contributed by atoms with van der Waals surface area (Å²) in [5.41, 5.74) is 9.89. The molecule has 0 unspecified atom stereocenters. The second-order valence-corrected chi connectivity index (χ2v) is 6.99. The number of fused-ring (bicyclic) bond motifs is 6. The minimum atomic E-state index is 0.628. The van der Waals surface area contributed by atoms with E-state index in [9.17, 15) is 0 Å². The molecule has 3 N–H and O–H groups in total. The van der Waals surface area contributed by atoms with Gasteiger partial charge in [0.05, 0.1) is 23.7 Å². The molecule has 0 amide bonds. The van der Waals surface area contributed by atoms with E-state index in [2.05, 4.69) is 11.4 Å². The standard InChI is InChI=1S/C23H21N5O/c1-29-15-8-9-16-14(13-15)7-10-19-20(16)28-21-17-5-2-3-6-18(17)27-23(22(21)26-19)25-12-4-11-24/h2-3,5-10,13H,4,11-12,24H2,1H3,(H,25,27). The quantitative estimate of drug-likeness (QED) is 0.268. The zero-order valence-corrected chi connectivity index (χ0v) is 16.1. The third-order valence-electron chi connectivity index (χ3n) is 5.15. The molecule has 144 valence electrons. The van der Waals surface area contributed by atoms with Crippen molar-refractivity contribution in [2.75, 3.05) is 25.5 Å². The Balaban J connectivity index is 1.83. The second-order valence-electron chi connectivity index (χ2n) is 6.99.